The van der Waals surface area contributed by atoms with Crippen LogP contribution in [0.4, 0.5) is 11.4 Å². The summed E-state index contributed by atoms with van der Waals surface area (Å²) in [5, 5.41) is 12.8. The molecule has 0 atom stereocenters. The van der Waals surface area contributed by atoms with Crippen LogP contribution < -0.4 is 10.6 Å². The zero-order valence-electron chi connectivity index (χ0n) is 14.6. The smallest absolute Gasteiger partial charge is 0.175 e. The van der Waals surface area contributed by atoms with Crippen molar-refractivity contribution in [3.8, 4) is 0 Å². The van der Waals surface area contributed by atoms with Gasteiger partial charge >= 0.3 is 0 Å². The Morgan fingerprint density at radius 2 is 1.92 bits per heavy atom. The molecule has 0 aliphatic rings. The molecule has 0 saturated heterocycles. The Balaban J connectivity index is 1.78. The van der Waals surface area contributed by atoms with Gasteiger partial charge in [-0.1, -0.05) is 17.7 Å². The van der Waals surface area contributed by atoms with Gasteiger partial charge in [0.25, 0.3) is 0 Å². The van der Waals surface area contributed by atoms with Gasteiger partial charge in [0.15, 0.2) is 10.8 Å². The Bertz CT molecular complexity index is 925. The first kappa shape index (κ1) is 17.6. The number of thiocarbonyl (C=S) groups is 1. The van der Waals surface area contributed by atoms with Crippen molar-refractivity contribution in [2.24, 2.45) is 0 Å². The predicted octanol–water partition coefficient (Wildman–Crippen LogP) is 5.09. The van der Waals surface area contributed by atoms with Gasteiger partial charge in [0, 0.05) is 11.4 Å². The van der Waals surface area contributed by atoms with Crippen molar-refractivity contribution in [1.29, 1.82) is 0 Å². The molecular weight excluding hydrogens is 354 g/mol. The van der Waals surface area contributed by atoms with Gasteiger partial charge in [-0.15, -0.1) is 0 Å². The van der Waals surface area contributed by atoms with Gasteiger partial charge in [-0.25, -0.2) is 9.67 Å². The van der Waals surface area contributed by atoms with Crippen molar-refractivity contribution in [3.63, 3.8) is 0 Å². The normalized spacial score (nSPS) is 11.1. The maximum Gasteiger partial charge on any atom is 0.175 e. The molecule has 25 heavy (non-hydrogen) atoms. The summed E-state index contributed by atoms with van der Waals surface area (Å²) in [6.07, 6.45) is 3.56. The van der Waals surface area contributed by atoms with Crippen LogP contribution in [0.15, 0.2) is 30.6 Å². The average Bonchev–Trinajstić information content (AvgIpc) is 2.94. The molecule has 0 unspecified atom stereocenters. The van der Waals surface area contributed by atoms with Crippen LogP contribution in [0.1, 0.15) is 31.0 Å². The average molecular weight is 374 g/mol. The molecule has 2 N–H and O–H groups in total. The maximum absolute atomic E-state index is 6.32. The van der Waals surface area contributed by atoms with Gasteiger partial charge in [0.1, 0.15) is 0 Å². The summed E-state index contributed by atoms with van der Waals surface area (Å²) in [6, 6.07) is 6.21. The van der Waals surface area contributed by atoms with E-state index >= 15 is 0 Å². The molecule has 5 nitrogen and oxygen atoms in total. The van der Waals surface area contributed by atoms with Crippen molar-refractivity contribution in [2.75, 3.05) is 10.6 Å². The van der Waals surface area contributed by atoms with E-state index in [2.05, 4.69) is 40.6 Å². The number of nitrogens with zero attached hydrogens (tertiary/aromatic N) is 3. The van der Waals surface area contributed by atoms with Crippen molar-refractivity contribution in [2.45, 2.75) is 33.7 Å². The number of pyridine rings is 1. The highest BCUT2D eigenvalue weighted by Gasteiger charge is 2.10. The van der Waals surface area contributed by atoms with Crippen LogP contribution in [0.25, 0.3) is 11.0 Å². The molecular formula is C18H20ClN5S. The third-order valence-electron chi connectivity index (χ3n) is 3.85. The highest BCUT2D eigenvalue weighted by molar-refractivity contribution is 7.80. The van der Waals surface area contributed by atoms with E-state index in [1.807, 2.05) is 36.9 Å². The zero-order chi connectivity index (χ0) is 18.1. The first-order valence-electron chi connectivity index (χ1n) is 8.03. The van der Waals surface area contributed by atoms with E-state index in [0.717, 1.165) is 33.5 Å². The highest BCUT2D eigenvalue weighted by atomic mass is 35.5. The molecule has 0 aliphatic carbocycles. The van der Waals surface area contributed by atoms with Crippen LogP contribution in [0.2, 0.25) is 5.02 Å². The largest absolute Gasteiger partial charge is 0.331 e. The molecule has 0 saturated carbocycles. The summed E-state index contributed by atoms with van der Waals surface area (Å²) in [5.41, 5.74) is 4.63. The zero-order valence-corrected chi connectivity index (χ0v) is 16.2. The molecule has 2 aromatic heterocycles. The van der Waals surface area contributed by atoms with Crippen LogP contribution in [0.5, 0.6) is 0 Å². The fourth-order valence-corrected chi connectivity index (χ4v) is 3.32. The highest BCUT2D eigenvalue weighted by Crippen LogP contribution is 2.27. The van der Waals surface area contributed by atoms with Gasteiger partial charge in [-0.05, 0) is 63.2 Å². The lowest BCUT2D eigenvalue weighted by Crippen LogP contribution is -2.20. The lowest BCUT2D eigenvalue weighted by atomic mass is 10.1. The molecule has 0 amide bonds. The fraction of sp³-hybridized carbons (Fsp3) is 0.278. The van der Waals surface area contributed by atoms with Crippen LogP contribution >= 0.6 is 23.8 Å². The summed E-state index contributed by atoms with van der Waals surface area (Å²) in [7, 11) is 0. The molecule has 7 heteroatoms. The van der Waals surface area contributed by atoms with E-state index in [0.29, 0.717) is 10.1 Å². The van der Waals surface area contributed by atoms with Crippen LogP contribution in [0, 0.1) is 13.8 Å². The molecule has 0 fully saturated rings. The Morgan fingerprint density at radius 1 is 1.16 bits per heavy atom. The standard InChI is InChI=1S/C18H20ClN5S/c1-10(2)24-17-13(8-21-24)7-14(9-20-17)22-18(25)23-16-12(4)5-11(3)6-15(16)19/h5-10H,1-4H3,(H2,22,23,25). The Hall–Kier alpha value is -2.18. The van der Waals surface area contributed by atoms with Gasteiger partial charge in [0.05, 0.1) is 28.8 Å². The minimum Gasteiger partial charge on any atom is -0.331 e. The maximum atomic E-state index is 6.32. The Labute approximate surface area is 157 Å². The van der Waals surface area contributed by atoms with E-state index in [1.165, 1.54) is 0 Å². The quantitative estimate of drug-likeness (QED) is 0.626. The molecule has 0 aliphatic heterocycles. The Morgan fingerprint density at radius 3 is 2.60 bits per heavy atom. The van der Waals surface area contributed by atoms with E-state index in [9.17, 15) is 0 Å². The number of rotatable bonds is 3. The van der Waals surface area contributed by atoms with Crippen LogP contribution in [-0.2, 0) is 0 Å². The van der Waals surface area contributed by atoms with Crippen molar-refractivity contribution in [1.82, 2.24) is 14.8 Å². The van der Waals surface area contributed by atoms with Crippen LogP contribution in [0.3, 0.4) is 0 Å². The van der Waals surface area contributed by atoms with Gasteiger partial charge in [-0.2, -0.15) is 5.10 Å². The SMILES string of the molecule is Cc1cc(C)c(NC(=S)Nc2cnc3c(cnn3C(C)C)c2)c(Cl)c1. The minimum absolute atomic E-state index is 0.262. The second-order valence-corrected chi connectivity index (χ2v) is 7.15. The first-order valence-corrected chi connectivity index (χ1v) is 8.82. The van der Waals surface area contributed by atoms with E-state index in [4.69, 9.17) is 23.8 Å². The monoisotopic (exact) mass is 373 g/mol. The van der Waals surface area contributed by atoms with Gasteiger partial charge in [0.2, 0.25) is 0 Å². The molecule has 3 aromatic rings. The van der Waals surface area contributed by atoms with Crippen molar-refractivity contribution < 1.29 is 0 Å². The van der Waals surface area contributed by atoms with Gasteiger partial charge < -0.3 is 10.6 Å². The van der Waals surface area contributed by atoms with Crippen LogP contribution in [-0.4, -0.2) is 19.9 Å². The molecule has 0 spiro atoms. The summed E-state index contributed by atoms with van der Waals surface area (Å²) in [6.45, 7) is 8.16. The number of fused-ring (bicyclic) bond motifs is 1. The number of nitrogens with one attached hydrogen (secondary N) is 2. The van der Waals surface area contributed by atoms with Gasteiger partial charge in [-0.3, -0.25) is 0 Å². The predicted molar refractivity (Wildman–Crippen MR) is 109 cm³/mol. The lowest BCUT2D eigenvalue weighted by molar-refractivity contribution is 0.546. The Kier molecular flexibility index (Phi) is 4.92. The lowest BCUT2D eigenvalue weighted by Gasteiger charge is -2.14. The van der Waals surface area contributed by atoms with Crippen molar-refractivity contribution >= 4 is 51.3 Å². The number of aromatic nitrogens is 3. The van der Waals surface area contributed by atoms with E-state index in [-0.39, 0.29) is 6.04 Å². The topological polar surface area (TPSA) is 54.8 Å². The molecule has 3 rings (SSSR count). The number of benzene rings is 1. The number of aryl methyl sites for hydroxylation is 2. The molecule has 1 aromatic carbocycles. The molecule has 130 valence electrons. The molecule has 0 radical (unpaired) electrons. The first-order chi connectivity index (χ1) is 11.8. The second-order valence-electron chi connectivity index (χ2n) is 6.34. The number of anilines is 2. The fourth-order valence-electron chi connectivity index (χ4n) is 2.74. The number of halogens is 1. The third kappa shape index (κ3) is 3.75. The number of hydrogen-bond acceptors (Lipinski definition) is 3. The molecule has 0 bridgehead atoms. The number of hydrogen-bond donors (Lipinski definition) is 2. The summed E-state index contributed by atoms with van der Waals surface area (Å²) < 4.78 is 1.89. The summed E-state index contributed by atoms with van der Waals surface area (Å²) >= 11 is 11.7. The summed E-state index contributed by atoms with van der Waals surface area (Å²) in [5.74, 6) is 0. The second kappa shape index (κ2) is 6.98. The summed E-state index contributed by atoms with van der Waals surface area (Å²) in [4.78, 5) is 4.49. The molecule has 2 heterocycles. The van der Waals surface area contributed by atoms with E-state index < -0.39 is 0 Å². The minimum atomic E-state index is 0.262. The third-order valence-corrected chi connectivity index (χ3v) is 4.35. The van der Waals surface area contributed by atoms with Crippen molar-refractivity contribution in [3.05, 3.63) is 46.7 Å². The van der Waals surface area contributed by atoms with E-state index in [1.54, 1.807) is 6.20 Å².